The molecule has 6 heteroatoms. The minimum Gasteiger partial charge on any atom is -0.324 e. The first-order valence-corrected chi connectivity index (χ1v) is 5.62. The van der Waals surface area contributed by atoms with E-state index in [-0.39, 0.29) is 19.0 Å². The summed E-state index contributed by atoms with van der Waals surface area (Å²) in [4.78, 5) is 34.6. The lowest BCUT2D eigenvalue weighted by Gasteiger charge is -2.25. The van der Waals surface area contributed by atoms with Crippen LogP contribution in [0.25, 0.3) is 0 Å². The molecule has 0 aliphatic carbocycles. The van der Waals surface area contributed by atoms with Gasteiger partial charge in [-0.2, -0.15) is 11.8 Å². The van der Waals surface area contributed by atoms with Crippen LogP contribution in [-0.2, 0) is 14.4 Å². The lowest BCUT2D eigenvalue weighted by atomic mass is 10.3. The first kappa shape index (κ1) is 11.0. The Morgan fingerprint density at radius 2 is 2.00 bits per heavy atom. The van der Waals surface area contributed by atoms with Crippen molar-refractivity contribution >= 4 is 29.5 Å². The highest BCUT2D eigenvalue weighted by Crippen LogP contribution is 2.02. The number of rotatable bonds is 3. The predicted octanol–water partition coefficient (Wildman–Crippen LogP) is -0.775. The highest BCUT2D eigenvalue weighted by atomic mass is 32.2. The molecule has 1 heterocycles. The highest BCUT2D eigenvalue weighted by molar-refractivity contribution is 7.98. The zero-order chi connectivity index (χ0) is 10.6. The number of hydrogen-bond donors (Lipinski definition) is 1. The van der Waals surface area contributed by atoms with E-state index in [2.05, 4.69) is 5.32 Å². The maximum atomic E-state index is 11.4. The second kappa shape index (κ2) is 4.99. The van der Waals surface area contributed by atoms with Gasteiger partial charge in [0, 0.05) is 12.2 Å². The Balaban J connectivity index is 2.46. The van der Waals surface area contributed by atoms with Gasteiger partial charge in [0.2, 0.25) is 17.7 Å². The lowest BCUT2D eigenvalue weighted by Crippen LogP contribution is -2.53. The Morgan fingerprint density at radius 3 is 2.50 bits per heavy atom. The molecule has 0 unspecified atom stereocenters. The van der Waals surface area contributed by atoms with Crippen LogP contribution in [0.5, 0.6) is 0 Å². The monoisotopic (exact) mass is 216 g/mol. The van der Waals surface area contributed by atoms with Crippen molar-refractivity contribution in [2.75, 3.05) is 25.1 Å². The van der Waals surface area contributed by atoms with Crippen LogP contribution in [0.2, 0.25) is 0 Å². The van der Waals surface area contributed by atoms with Gasteiger partial charge in [-0.1, -0.05) is 0 Å². The second-order valence-corrected chi connectivity index (χ2v) is 3.95. The van der Waals surface area contributed by atoms with Crippen molar-refractivity contribution in [3.8, 4) is 0 Å². The van der Waals surface area contributed by atoms with Gasteiger partial charge in [0.15, 0.2) is 0 Å². The van der Waals surface area contributed by atoms with Gasteiger partial charge in [-0.25, -0.2) is 0 Å². The second-order valence-electron chi connectivity index (χ2n) is 2.96. The molecule has 14 heavy (non-hydrogen) atoms. The van der Waals surface area contributed by atoms with Gasteiger partial charge in [-0.15, -0.1) is 0 Å². The first-order valence-electron chi connectivity index (χ1n) is 4.23. The van der Waals surface area contributed by atoms with Crippen molar-refractivity contribution in [3.63, 3.8) is 0 Å². The molecule has 1 fully saturated rings. The Morgan fingerprint density at radius 1 is 1.43 bits per heavy atom. The van der Waals surface area contributed by atoms with Gasteiger partial charge < -0.3 is 4.90 Å². The molecule has 0 bridgehead atoms. The fourth-order valence-electron chi connectivity index (χ4n) is 1.16. The molecule has 1 saturated heterocycles. The number of piperazine rings is 1. The van der Waals surface area contributed by atoms with E-state index < -0.39 is 11.8 Å². The molecule has 0 aromatic heterocycles. The summed E-state index contributed by atoms with van der Waals surface area (Å²) in [6.07, 6.45) is 2.28. The van der Waals surface area contributed by atoms with Crippen LogP contribution in [0.1, 0.15) is 6.42 Å². The maximum absolute atomic E-state index is 11.4. The molecule has 78 valence electrons. The summed E-state index contributed by atoms with van der Waals surface area (Å²) >= 11 is 1.56. The quantitative estimate of drug-likeness (QED) is 0.629. The number of thioether (sulfide) groups is 1. The van der Waals surface area contributed by atoms with Crippen molar-refractivity contribution in [3.05, 3.63) is 0 Å². The lowest BCUT2D eigenvalue weighted by molar-refractivity contribution is -0.145. The van der Waals surface area contributed by atoms with E-state index >= 15 is 0 Å². The fourth-order valence-corrected chi connectivity index (χ4v) is 1.54. The largest absolute Gasteiger partial charge is 0.324 e. The van der Waals surface area contributed by atoms with E-state index in [4.69, 9.17) is 0 Å². The van der Waals surface area contributed by atoms with Gasteiger partial charge in [0.05, 0.1) is 0 Å². The molecule has 0 saturated carbocycles. The number of carbonyl (C=O) groups is 3. The number of nitrogens with zero attached hydrogens (tertiary/aromatic N) is 1. The van der Waals surface area contributed by atoms with Crippen LogP contribution in [0.3, 0.4) is 0 Å². The zero-order valence-corrected chi connectivity index (χ0v) is 8.73. The van der Waals surface area contributed by atoms with E-state index in [0.29, 0.717) is 12.2 Å². The third-order valence-electron chi connectivity index (χ3n) is 1.82. The van der Waals surface area contributed by atoms with Crippen molar-refractivity contribution < 1.29 is 14.4 Å². The third kappa shape index (κ3) is 3.02. The van der Waals surface area contributed by atoms with Gasteiger partial charge >= 0.3 is 0 Å². The molecule has 1 N–H and O–H groups in total. The van der Waals surface area contributed by atoms with E-state index in [0.717, 1.165) is 0 Å². The van der Waals surface area contributed by atoms with Crippen LogP contribution < -0.4 is 5.32 Å². The summed E-state index contributed by atoms with van der Waals surface area (Å²) in [5, 5.41) is 2.14. The van der Waals surface area contributed by atoms with Crippen molar-refractivity contribution in [1.29, 1.82) is 0 Å². The molecule has 0 atom stereocenters. The Hall–Kier alpha value is -1.04. The number of amides is 3. The summed E-state index contributed by atoms with van der Waals surface area (Å²) in [6.45, 7) is -0.00207. The van der Waals surface area contributed by atoms with Crippen LogP contribution in [0.4, 0.5) is 0 Å². The Bertz CT molecular complexity index is 251. The summed E-state index contributed by atoms with van der Waals surface area (Å²) in [6, 6.07) is 0. The minimum absolute atomic E-state index is 0.00104. The number of carbonyl (C=O) groups excluding carboxylic acids is 3. The average molecular weight is 216 g/mol. The third-order valence-corrected chi connectivity index (χ3v) is 2.43. The van der Waals surface area contributed by atoms with E-state index in [1.807, 2.05) is 6.26 Å². The standard InChI is InChI=1S/C8H12N2O3S/c1-14-3-2-8(13)10-4-6(11)9-7(12)5-10/h2-5H2,1H3,(H,9,11,12). The van der Waals surface area contributed by atoms with E-state index in [9.17, 15) is 14.4 Å². The first-order chi connectivity index (χ1) is 6.63. The Labute approximate surface area is 86.2 Å². The van der Waals surface area contributed by atoms with E-state index in [1.165, 1.54) is 4.90 Å². The van der Waals surface area contributed by atoms with Crippen LogP contribution >= 0.6 is 11.8 Å². The SMILES string of the molecule is CSCCC(=O)N1CC(=O)NC(=O)C1. The van der Waals surface area contributed by atoms with Gasteiger partial charge in [0.25, 0.3) is 0 Å². The van der Waals surface area contributed by atoms with Crippen molar-refractivity contribution in [2.24, 2.45) is 0 Å². The zero-order valence-electron chi connectivity index (χ0n) is 7.91. The topological polar surface area (TPSA) is 66.5 Å². The molecule has 0 spiro atoms. The molecular weight excluding hydrogens is 204 g/mol. The smallest absolute Gasteiger partial charge is 0.246 e. The molecule has 1 aliphatic heterocycles. The van der Waals surface area contributed by atoms with Crippen LogP contribution in [0, 0.1) is 0 Å². The summed E-state index contributed by atoms with van der Waals surface area (Å²) in [7, 11) is 0. The van der Waals surface area contributed by atoms with Gasteiger partial charge in [-0.3, -0.25) is 19.7 Å². The van der Waals surface area contributed by atoms with Gasteiger partial charge in [-0.05, 0) is 6.26 Å². The summed E-state index contributed by atoms with van der Waals surface area (Å²) in [5.41, 5.74) is 0. The van der Waals surface area contributed by atoms with E-state index in [1.54, 1.807) is 11.8 Å². The molecule has 1 rings (SSSR count). The molecular formula is C8H12N2O3S. The normalized spacial score (nSPS) is 16.8. The maximum Gasteiger partial charge on any atom is 0.246 e. The molecule has 1 aliphatic rings. The molecule has 0 radical (unpaired) electrons. The van der Waals surface area contributed by atoms with Crippen LogP contribution in [-0.4, -0.2) is 47.7 Å². The summed E-state index contributed by atoms with van der Waals surface area (Å²) in [5.74, 6) is -0.231. The minimum atomic E-state index is -0.404. The van der Waals surface area contributed by atoms with Gasteiger partial charge in [0.1, 0.15) is 13.1 Å². The Kier molecular flexibility index (Phi) is 3.94. The van der Waals surface area contributed by atoms with Crippen LogP contribution in [0.15, 0.2) is 0 Å². The highest BCUT2D eigenvalue weighted by Gasteiger charge is 2.25. The average Bonchev–Trinajstić information content (AvgIpc) is 2.12. The number of hydrogen-bond acceptors (Lipinski definition) is 4. The fraction of sp³-hybridized carbons (Fsp3) is 0.625. The molecule has 5 nitrogen and oxygen atoms in total. The molecule has 3 amide bonds. The van der Waals surface area contributed by atoms with Crippen molar-refractivity contribution in [2.45, 2.75) is 6.42 Å². The predicted molar refractivity (Wildman–Crippen MR) is 52.7 cm³/mol. The number of imide groups is 1. The molecule has 0 aromatic carbocycles. The number of nitrogens with one attached hydrogen (secondary N) is 1. The molecule has 0 aromatic rings. The summed E-state index contributed by atoms with van der Waals surface area (Å²) < 4.78 is 0. The van der Waals surface area contributed by atoms with Crippen molar-refractivity contribution in [1.82, 2.24) is 10.2 Å².